The van der Waals surface area contributed by atoms with E-state index >= 15 is 0 Å². The topological polar surface area (TPSA) is 45.8 Å². The van der Waals surface area contributed by atoms with Gasteiger partial charge in [-0.3, -0.25) is 0 Å². The van der Waals surface area contributed by atoms with Gasteiger partial charge in [0, 0.05) is 23.2 Å². The van der Waals surface area contributed by atoms with Crippen LogP contribution in [0.25, 0.3) is 0 Å². The molecule has 2 aromatic rings. The summed E-state index contributed by atoms with van der Waals surface area (Å²) in [4.78, 5) is 2.46. The maximum Gasteiger partial charge on any atom is 0.170 e. The predicted molar refractivity (Wildman–Crippen MR) is 131 cm³/mol. The average Bonchev–Trinajstić information content (AvgIpc) is 3.13. The van der Waals surface area contributed by atoms with Gasteiger partial charge >= 0.3 is 0 Å². The highest BCUT2D eigenvalue weighted by molar-refractivity contribution is 7.80. The molecule has 0 radical (unpaired) electrons. The lowest BCUT2D eigenvalue weighted by atomic mass is 9.65. The Bertz CT molecular complexity index is 1010. The Balaban J connectivity index is 1.47. The second-order valence-corrected chi connectivity index (χ2v) is 9.49. The van der Waals surface area contributed by atoms with Gasteiger partial charge in [0.25, 0.3) is 0 Å². The SMILES string of the molecule is COc1ccc([C@@]23CC[C@@H](NC(=S)Nc4ccc(F)c(Cl)c4)C[C@@H]2N(C)CC3)cc1OC. The van der Waals surface area contributed by atoms with E-state index in [-0.39, 0.29) is 16.5 Å². The number of anilines is 1. The molecule has 1 saturated carbocycles. The molecule has 2 fully saturated rings. The number of ether oxygens (including phenoxy) is 2. The summed E-state index contributed by atoms with van der Waals surface area (Å²) in [6.45, 7) is 1.06. The number of halogens is 2. The molecule has 2 aromatic carbocycles. The van der Waals surface area contributed by atoms with Crippen molar-refractivity contribution >= 4 is 34.6 Å². The zero-order valence-corrected chi connectivity index (χ0v) is 20.2. The molecule has 3 atom stereocenters. The van der Waals surface area contributed by atoms with Crippen molar-refractivity contribution in [2.75, 3.05) is 33.1 Å². The van der Waals surface area contributed by atoms with Crippen LogP contribution in [-0.2, 0) is 5.41 Å². The molecule has 32 heavy (non-hydrogen) atoms. The summed E-state index contributed by atoms with van der Waals surface area (Å²) in [7, 11) is 5.54. The van der Waals surface area contributed by atoms with Crippen LogP contribution in [0.4, 0.5) is 10.1 Å². The van der Waals surface area contributed by atoms with Crippen molar-refractivity contribution < 1.29 is 13.9 Å². The van der Waals surface area contributed by atoms with E-state index < -0.39 is 5.82 Å². The van der Waals surface area contributed by atoms with Gasteiger partial charge in [-0.25, -0.2) is 4.39 Å². The molecular weight excluding hydrogens is 449 g/mol. The summed E-state index contributed by atoms with van der Waals surface area (Å²) in [5.41, 5.74) is 2.07. The molecular formula is C24H29ClFN3O2S. The second-order valence-electron chi connectivity index (χ2n) is 8.67. The minimum Gasteiger partial charge on any atom is -0.493 e. The largest absolute Gasteiger partial charge is 0.493 e. The quantitative estimate of drug-likeness (QED) is 0.592. The van der Waals surface area contributed by atoms with Crippen LogP contribution in [-0.4, -0.2) is 49.9 Å². The monoisotopic (exact) mass is 477 g/mol. The lowest BCUT2D eigenvalue weighted by Crippen LogP contribution is -2.52. The third kappa shape index (κ3) is 4.38. The number of likely N-dealkylation sites (N-methyl/N-ethyl adjacent to an activating group) is 1. The van der Waals surface area contributed by atoms with E-state index in [0.717, 1.165) is 43.7 Å². The fourth-order valence-corrected chi connectivity index (χ4v) is 5.79. The Labute approximate surface area is 199 Å². The van der Waals surface area contributed by atoms with Crippen LogP contribution in [0.5, 0.6) is 11.5 Å². The zero-order chi connectivity index (χ0) is 22.9. The van der Waals surface area contributed by atoms with Gasteiger partial charge in [0.2, 0.25) is 0 Å². The Morgan fingerprint density at radius 2 is 1.94 bits per heavy atom. The van der Waals surface area contributed by atoms with Gasteiger partial charge in [-0.2, -0.15) is 0 Å². The fourth-order valence-electron chi connectivity index (χ4n) is 5.32. The van der Waals surface area contributed by atoms with E-state index in [1.807, 2.05) is 6.07 Å². The minimum atomic E-state index is -0.445. The Hall–Kier alpha value is -2.09. The third-order valence-corrected chi connectivity index (χ3v) is 7.51. The van der Waals surface area contributed by atoms with Crippen LogP contribution in [0.3, 0.4) is 0 Å². The lowest BCUT2D eigenvalue weighted by Gasteiger charge is -2.45. The van der Waals surface area contributed by atoms with Gasteiger partial charge < -0.3 is 25.0 Å². The van der Waals surface area contributed by atoms with Crippen molar-refractivity contribution in [3.8, 4) is 11.5 Å². The summed E-state index contributed by atoms with van der Waals surface area (Å²) in [6, 6.07) is 11.5. The number of methoxy groups -OCH3 is 2. The highest BCUT2D eigenvalue weighted by Crippen LogP contribution is 2.49. The maximum atomic E-state index is 13.4. The molecule has 2 aliphatic rings. The van der Waals surface area contributed by atoms with Crippen molar-refractivity contribution in [1.29, 1.82) is 0 Å². The van der Waals surface area contributed by atoms with Gasteiger partial charge in [-0.15, -0.1) is 0 Å². The van der Waals surface area contributed by atoms with Crippen molar-refractivity contribution in [2.45, 2.75) is 43.2 Å². The van der Waals surface area contributed by atoms with E-state index in [1.54, 1.807) is 26.4 Å². The van der Waals surface area contributed by atoms with E-state index in [4.69, 9.17) is 33.3 Å². The fraction of sp³-hybridized carbons (Fsp3) is 0.458. The van der Waals surface area contributed by atoms with Crippen molar-refractivity contribution in [2.24, 2.45) is 0 Å². The molecule has 0 amide bonds. The third-order valence-electron chi connectivity index (χ3n) is 7.00. The molecule has 1 aliphatic carbocycles. The first-order valence-electron chi connectivity index (χ1n) is 10.8. The molecule has 172 valence electrons. The number of hydrogen-bond donors (Lipinski definition) is 2. The predicted octanol–water partition coefficient (Wildman–Crippen LogP) is 4.98. The van der Waals surface area contributed by atoms with E-state index in [9.17, 15) is 4.39 Å². The molecule has 8 heteroatoms. The number of rotatable bonds is 5. The summed E-state index contributed by atoms with van der Waals surface area (Å²) >= 11 is 11.4. The molecule has 0 spiro atoms. The van der Waals surface area contributed by atoms with Crippen LogP contribution in [0.15, 0.2) is 36.4 Å². The maximum absolute atomic E-state index is 13.4. The molecule has 1 heterocycles. The normalized spacial score (nSPS) is 25.2. The summed E-state index contributed by atoms with van der Waals surface area (Å²) < 4.78 is 24.4. The van der Waals surface area contributed by atoms with E-state index in [0.29, 0.717) is 16.8 Å². The summed E-state index contributed by atoms with van der Waals surface area (Å²) in [5, 5.41) is 7.18. The second kappa shape index (κ2) is 9.41. The smallest absolute Gasteiger partial charge is 0.170 e. The summed E-state index contributed by atoms with van der Waals surface area (Å²) in [5.74, 6) is 1.08. The molecule has 0 unspecified atom stereocenters. The Morgan fingerprint density at radius 3 is 2.66 bits per heavy atom. The highest BCUT2D eigenvalue weighted by atomic mass is 35.5. The average molecular weight is 478 g/mol. The number of nitrogens with one attached hydrogen (secondary N) is 2. The Kier molecular flexibility index (Phi) is 6.79. The Morgan fingerprint density at radius 1 is 1.16 bits per heavy atom. The number of thiocarbonyl (C=S) groups is 1. The number of hydrogen-bond acceptors (Lipinski definition) is 4. The molecule has 5 nitrogen and oxygen atoms in total. The zero-order valence-electron chi connectivity index (χ0n) is 18.6. The molecule has 0 aromatic heterocycles. The molecule has 2 N–H and O–H groups in total. The standard InChI is InChI=1S/C24H29ClFN3O2S/c1-29-11-10-24(15-4-7-20(30-2)21(12-15)31-3)9-8-17(14-22(24)29)28-23(32)27-16-5-6-19(26)18(25)13-16/h4-7,12-13,17,22H,8-11,14H2,1-3H3,(H2,27,28,32)/t17-,22+,24+/m1/s1. The van der Waals surface area contributed by atoms with E-state index in [1.165, 1.54) is 11.6 Å². The highest BCUT2D eigenvalue weighted by Gasteiger charge is 2.50. The lowest BCUT2D eigenvalue weighted by molar-refractivity contribution is 0.161. The van der Waals surface area contributed by atoms with Crippen LogP contribution in [0.2, 0.25) is 5.02 Å². The van der Waals surface area contributed by atoms with Gasteiger partial charge in [-0.05, 0) is 87.4 Å². The van der Waals surface area contributed by atoms with Gasteiger partial charge in [0.05, 0.1) is 19.2 Å². The number of likely N-dealkylation sites (tertiary alicyclic amines) is 1. The van der Waals surface area contributed by atoms with E-state index in [2.05, 4.69) is 34.7 Å². The molecule has 4 rings (SSSR count). The van der Waals surface area contributed by atoms with Crippen molar-refractivity contribution in [3.05, 3.63) is 52.8 Å². The molecule has 0 bridgehead atoms. The first kappa shape index (κ1) is 23.1. The first-order chi connectivity index (χ1) is 15.4. The van der Waals surface area contributed by atoms with Crippen LogP contribution in [0.1, 0.15) is 31.2 Å². The van der Waals surface area contributed by atoms with Crippen molar-refractivity contribution in [3.63, 3.8) is 0 Å². The van der Waals surface area contributed by atoms with Crippen LogP contribution in [0, 0.1) is 5.82 Å². The van der Waals surface area contributed by atoms with Crippen molar-refractivity contribution in [1.82, 2.24) is 10.2 Å². The number of nitrogens with zero attached hydrogens (tertiary/aromatic N) is 1. The molecule has 1 saturated heterocycles. The van der Waals surface area contributed by atoms with Gasteiger partial charge in [-0.1, -0.05) is 17.7 Å². The minimum absolute atomic E-state index is 0.0720. The van der Waals surface area contributed by atoms with Gasteiger partial charge in [0.15, 0.2) is 16.6 Å². The van der Waals surface area contributed by atoms with Gasteiger partial charge in [0.1, 0.15) is 5.82 Å². The summed E-state index contributed by atoms with van der Waals surface area (Å²) in [6.07, 6.45) is 4.16. The number of fused-ring (bicyclic) bond motifs is 1. The van der Waals surface area contributed by atoms with Crippen LogP contribution < -0.4 is 20.1 Å². The molecule has 1 aliphatic heterocycles. The number of benzene rings is 2. The first-order valence-corrected chi connectivity index (χ1v) is 11.6. The van der Waals surface area contributed by atoms with Crippen LogP contribution >= 0.6 is 23.8 Å².